The van der Waals surface area contributed by atoms with E-state index in [1.165, 1.54) is 42.5 Å². The van der Waals surface area contributed by atoms with Crippen molar-refractivity contribution in [2.45, 2.75) is 0 Å². The van der Waals surface area contributed by atoms with E-state index >= 15 is 0 Å². The highest BCUT2D eigenvalue weighted by Gasteiger charge is 2.29. The fourth-order valence-electron chi connectivity index (χ4n) is 2.22. The SMILES string of the molecule is O=C1OC(c2ccccc2[N+](=O)[O-])=NC1=Cc1cccc([N+](=O)[O-])c1. The molecule has 2 aromatic carbocycles. The molecule has 0 N–H and O–H groups in total. The molecule has 124 valence electrons. The molecule has 2 aromatic rings. The largest absolute Gasteiger partial charge is 0.402 e. The van der Waals surface area contributed by atoms with Crippen LogP contribution in [0.5, 0.6) is 0 Å². The number of carbonyl (C=O) groups is 1. The number of para-hydroxylation sites is 1. The molecular formula is C16H9N3O6. The molecule has 0 atom stereocenters. The van der Waals surface area contributed by atoms with Gasteiger partial charge in [0.25, 0.3) is 11.4 Å². The summed E-state index contributed by atoms with van der Waals surface area (Å²) < 4.78 is 5.01. The van der Waals surface area contributed by atoms with E-state index < -0.39 is 15.8 Å². The minimum atomic E-state index is -0.792. The molecule has 1 heterocycles. The number of benzene rings is 2. The van der Waals surface area contributed by atoms with E-state index in [9.17, 15) is 25.0 Å². The zero-order chi connectivity index (χ0) is 18.0. The molecule has 0 unspecified atom stereocenters. The Kier molecular flexibility index (Phi) is 4.04. The van der Waals surface area contributed by atoms with E-state index in [-0.39, 0.29) is 28.5 Å². The Morgan fingerprint density at radius 1 is 1.00 bits per heavy atom. The van der Waals surface area contributed by atoms with E-state index in [4.69, 9.17) is 4.74 Å². The number of ether oxygens (including phenoxy) is 1. The number of rotatable bonds is 4. The predicted molar refractivity (Wildman–Crippen MR) is 86.8 cm³/mol. The van der Waals surface area contributed by atoms with E-state index in [1.807, 2.05) is 0 Å². The minimum Gasteiger partial charge on any atom is -0.402 e. The molecular weight excluding hydrogens is 330 g/mol. The highest BCUT2D eigenvalue weighted by molar-refractivity contribution is 6.14. The van der Waals surface area contributed by atoms with E-state index in [0.717, 1.165) is 0 Å². The summed E-state index contributed by atoms with van der Waals surface area (Å²) in [6.07, 6.45) is 1.32. The zero-order valence-corrected chi connectivity index (χ0v) is 12.5. The predicted octanol–water partition coefficient (Wildman–Crippen LogP) is 2.85. The highest BCUT2D eigenvalue weighted by atomic mass is 16.6. The molecule has 0 aliphatic carbocycles. The molecule has 0 saturated carbocycles. The summed E-state index contributed by atoms with van der Waals surface area (Å²) in [5.41, 5.74) is -0.0279. The number of carbonyl (C=O) groups excluding carboxylic acids is 1. The zero-order valence-electron chi connectivity index (χ0n) is 12.5. The second kappa shape index (κ2) is 6.32. The van der Waals surface area contributed by atoms with E-state index in [0.29, 0.717) is 5.56 Å². The number of nitro benzene ring substituents is 2. The molecule has 0 aromatic heterocycles. The number of aliphatic imine (C=N–C) groups is 1. The van der Waals surface area contributed by atoms with Gasteiger partial charge in [-0.05, 0) is 17.7 Å². The van der Waals surface area contributed by atoms with Gasteiger partial charge >= 0.3 is 5.97 Å². The maximum atomic E-state index is 12.0. The van der Waals surface area contributed by atoms with Crippen molar-refractivity contribution in [3.63, 3.8) is 0 Å². The second-order valence-corrected chi connectivity index (χ2v) is 4.96. The lowest BCUT2D eigenvalue weighted by atomic mass is 10.1. The fraction of sp³-hybridized carbons (Fsp3) is 0. The van der Waals surface area contributed by atoms with Crippen LogP contribution in [0.15, 0.2) is 59.2 Å². The van der Waals surface area contributed by atoms with E-state index in [1.54, 1.807) is 12.1 Å². The van der Waals surface area contributed by atoms with Gasteiger partial charge in [0.1, 0.15) is 5.56 Å². The molecule has 1 aliphatic heterocycles. The van der Waals surface area contributed by atoms with Crippen molar-refractivity contribution in [3.05, 3.63) is 85.6 Å². The number of cyclic esters (lactones) is 1. The van der Waals surface area contributed by atoms with Crippen molar-refractivity contribution < 1.29 is 19.4 Å². The normalized spacial score (nSPS) is 15.0. The lowest BCUT2D eigenvalue weighted by Crippen LogP contribution is -2.07. The van der Waals surface area contributed by atoms with Gasteiger partial charge in [0.05, 0.1) is 9.85 Å². The molecule has 0 fully saturated rings. The van der Waals surface area contributed by atoms with Crippen LogP contribution in [0.1, 0.15) is 11.1 Å². The molecule has 0 bridgehead atoms. The van der Waals surface area contributed by atoms with Crippen LogP contribution in [0.2, 0.25) is 0 Å². The van der Waals surface area contributed by atoms with Gasteiger partial charge in [-0.15, -0.1) is 0 Å². The van der Waals surface area contributed by atoms with Crippen LogP contribution in [0.25, 0.3) is 6.08 Å². The van der Waals surface area contributed by atoms with Gasteiger partial charge < -0.3 is 4.74 Å². The van der Waals surface area contributed by atoms with Crippen LogP contribution in [-0.2, 0) is 9.53 Å². The molecule has 25 heavy (non-hydrogen) atoms. The standard InChI is InChI=1S/C16H9N3O6/c20-16-13(9-10-4-3-5-11(8-10)18(21)22)17-15(25-16)12-6-1-2-7-14(12)19(23)24/h1-9H. The summed E-state index contributed by atoms with van der Waals surface area (Å²) in [5, 5.41) is 21.9. The Morgan fingerprint density at radius 2 is 1.76 bits per heavy atom. The first-order valence-corrected chi connectivity index (χ1v) is 6.96. The first-order valence-electron chi connectivity index (χ1n) is 6.96. The quantitative estimate of drug-likeness (QED) is 0.365. The Hall–Kier alpha value is -3.88. The number of hydrogen-bond donors (Lipinski definition) is 0. The van der Waals surface area contributed by atoms with Crippen LogP contribution in [0.4, 0.5) is 11.4 Å². The summed E-state index contributed by atoms with van der Waals surface area (Å²) >= 11 is 0. The number of esters is 1. The summed E-state index contributed by atoms with van der Waals surface area (Å²) in [6, 6.07) is 11.4. The third-order valence-corrected chi connectivity index (χ3v) is 3.34. The number of nitrogens with zero attached hydrogens (tertiary/aromatic N) is 3. The first kappa shape index (κ1) is 16.0. The minimum absolute atomic E-state index is 0.0725. The smallest absolute Gasteiger partial charge is 0.363 e. The monoisotopic (exact) mass is 339 g/mol. The summed E-state index contributed by atoms with van der Waals surface area (Å²) in [7, 11) is 0. The summed E-state index contributed by atoms with van der Waals surface area (Å²) in [4.78, 5) is 36.6. The number of hydrogen-bond acceptors (Lipinski definition) is 7. The van der Waals surface area contributed by atoms with Crippen molar-refractivity contribution in [2.75, 3.05) is 0 Å². The first-order chi connectivity index (χ1) is 12.0. The number of nitro groups is 2. The average Bonchev–Trinajstić information content (AvgIpc) is 2.95. The van der Waals surface area contributed by atoms with Gasteiger partial charge in [-0.2, -0.15) is 0 Å². The van der Waals surface area contributed by atoms with Crippen molar-refractivity contribution in [2.24, 2.45) is 4.99 Å². The van der Waals surface area contributed by atoms with Crippen molar-refractivity contribution >= 4 is 29.3 Å². The van der Waals surface area contributed by atoms with Crippen LogP contribution in [0.3, 0.4) is 0 Å². The molecule has 3 rings (SSSR count). The summed E-state index contributed by atoms with van der Waals surface area (Å²) in [5.74, 6) is -0.978. The van der Waals surface area contributed by atoms with Crippen molar-refractivity contribution in [1.82, 2.24) is 0 Å². The molecule has 1 aliphatic rings. The molecule has 9 heteroatoms. The lowest BCUT2D eigenvalue weighted by Gasteiger charge is -2.00. The van der Waals surface area contributed by atoms with Gasteiger partial charge in [-0.25, -0.2) is 9.79 Å². The summed E-state index contributed by atoms with van der Waals surface area (Å²) in [6.45, 7) is 0. The lowest BCUT2D eigenvalue weighted by molar-refractivity contribution is -0.385. The van der Waals surface area contributed by atoms with Gasteiger partial charge in [0.2, 0.25) is 5.90 Å². The Balaban J connectivity index is 2.00. The highest BCUT2D eigenvalue weighted by Crippen LogP contribution is 2.25. The topological polar surface area (TPSA) is 125 Å². The number of non-ortho nitro benzene ring substituents is 1. The maximum Gasteiger partial charge on any atom is 0.363 e. The van der Waals surface area contributed by atoms with Gasteiger partial charge in [0.15, 0.2) is 5.70 Å². The van der Waals surface area contributed by atoms with Crippen LogP contribution < -0.4 is 0 Å². The van der Waals surface area contributed by atoms with Gasteiger partial charge in [-0.3, -0.25) is 20.2 Å². The van der Waals surface area contributed by atoms with Gasteiger partial charge in [-0.1, -0.05) is 24.3 Å². The fourth-order valence-corrected chi connectivity index (χ4v) is 2.22. The average molecular weight is 339 g/mol. The Morgan fingerprint density at radius 3 is 2.48 bits per heavy atom. The Labute approximate surface area is 140 Å². The Bertz CT molecular complexity index is 964. The second-order valence-electron chi connectivity index (χ2n) is 4.96. The molecule has 0 saturated heterocycles. The van der Waals surface area contributed by atoms with Crippen LogP contribution >= 0.6 is 0 Å². The maximum absolute atomic E-state index is 12.0. The van der Waals surface area contributed by atoms with Crippen LogP contribution in [-0.4, -0.2) is 21.7 Å². The molecule has 0 radical (unpaired) electrons. The van der Waals surface area contributed by atoms with Crippen LogP contribution in [0, 0.1) is 20.2 Å². The van der Waals surface area contributed by atoms with Crippen molar-refractivity contribution in [1.29, 1.82) is 0 Å². The third kappa shape index (κ3) is 3.24. The molecule has 9 nitrogen and oxygen atoms in total. The third-order valence-electron chi connectivity index (χ3n) is 3.34. The van der Waals surface area contributed by atoms with Gasteiger partial charge in [0, 0.05) is 18.2 Å². The molecule has 0 amide bonds. The molecule has 0 spiro atoms. The van der Waals surface area contributed by atoms with E-state index in [2.05, 4.69) is 4.99 Å². The van der Waals surface area contributed by atoms with Crippen molar-refractivity contribution in [3.8, 4) is 0 Å².